The molecule has 5 amide bonds. The molecular weight excluding hydrogens is 510 g/mol. The highest BCUT2D eigenvalue weighted by Gasteiger charge is 2.46. The molecule has 0 spiro atoms. The highest BCUT2D eigenvalue weighted by molar-refractivity contribution is 5.98. The molecule has 2 aliphatic heterocycles. The number of fused-ring (bicyclic) bond motifs is 2. The summed E-state index contributed by atoms with van der Waals surface area (Å²) in [6, 6.07) is 15.0. The van der Waals surface area contributed by atoms with E-state index in [2.05, 4.69) is 15.6 Å². The van der Waals surface area contributed by atoms with Crippen LogP contribution in [0.3, 0.4) is 0 Å². The van der Waals surface area contributed by atoms with Crippen LogP contribution in [0.15, 0.2) is 60.8 Å². The van der Waals surface area contributed by atoms with Gasteiger partial charge in [-0.3, -0.25) is 14.5 Å². The molecule has 3 heterocycles. The summed E-state index contributed by atoms with van der Waals surface area (Å²) in [7, 11) is 0. The Balaban J connectivity index is 1.30. The Morgan fingerprint density at radius 1 is 1.07 bits per heavy atom. The molecule has 0 unspecified atom stereocenters. The molecule has 10 heteroatoms. The second-order valence-electron chi connectivity index (χ2n) is 11.4. The third kappa shape index (κ3) is 5.95. The molecule has 0 bridgehead atoms. The Labute approximate surface area is 233 Å². The maximum atomic E-state index is 13.6. The van der Waals surface area contributed by atoms with Crippen LogP contribution in [-0.2, 0) is 27.3 Å². The zero-order valence-corrected chi connectivity index (χ0v) is 23.0. The van der Waals surface area contributed by atoms with E-state index in [0.29, 0.717) is 13.0 Å². The summed E-state index contributed by atoms with van der Waals surface area (Å²) in [6.07, 6.45) is 2.01. The van der Waals surface area contributed by atoms with Crippen molar-refractivity contribution in [3.63, 3.8) is 0 Å². The molecule has 210 valence electrons. The van der Waals surface area contributed by atoms with Crippen molar-refractivity contribution in [3.8, 4) is 0 Å². The second kappa shape index (κ2) is 11.0. The van der Waals surface area contributed by atoms with Crippen LogP contribution in [0.1, 0.15) is 44.7 Å². The zero-order chi connectivity index (χ0) is 28.4. The minimum absolute atomic E-state index is 0.121. The summed E-state index contributed by atoms with van der Waals surface area (Å²) in [5, 5.41) is 6.72. The molecule has 2 aromatic carbocycles. The van der Waals surface area contributed by atoms with Gasteiger partial charge in [0.2, 0.25) is 11.8 Å². The number of hydrogen-bond acceptors (Lipinski definition) is 5. The van der Waals surface area contributed by atoms with Gasteiger partial charge in [-0.15, -0.1) is 0 Å². The molecular formula is C30H35N5O5. The first kappa shape index (κ1) is 27.2. The first-order chi connectivity index (χ1) is 19.1. The fourth-order valence-corrected chi connectivity index (χ4v) is 5.45. The number of urea groups is 1. The van der Waals surface area contributed by atoms with E-state index in [1.807, 2.05) is 60.8 Å². The molecule has 2 aliphatic rings. The molecule has 0 aliphatic carbocycles. The zero-order valence-electron chi connectivity index (χ0n) is 23.0. The molecule has 3 atom stereocenters. The number of aromatic nitrogens is 1. The van der Waals surface area contributed by atoms with E-state index in [1.165, 1.54) is 4.90 Å². The van der Waals surface area contributed by atoms with E-state index in [1.54, 1.807) is 25.7 Å². The number of para-hydroxylation sites is 1. The number of nitrogens with zero attached hydrogens (tertiary/aromatic N) is 2. The van der Waals surface area contributed by atoms with Crippen molar-refractivity contribution in [1.82, 2.24) is 25.4 Å². The van der Waals surface area contributed by atoms with E-state index in [-0.39, 0.29) is 31.3 Å². The molecule has 0 saturated carbocycles. The van der Waals surface area contributed by atoms with E-state index >= 15 is 0 Å². The van der Waals surface area contributed by atoms with Gasteiger partial charge in [0.05, 0.1) is 18.6 Å². The van der Waals surface area contributed by atoms with Crippen molar-refractivity contribution >= 4 is 34.8 Å². The number of amides is 5. The topological polar surface area (TPSA) is 124 Å². The van der Waals surface area contributed by atoms with Crippen molar-refractivity contribution in [2.45, 2.75) is 70.3 Å². The van der Waals surface area contributed by atoms with Gasteiger partial charge < -0.3 is 25.3 Å². The first-order valence-electron chi connectivity index (χ1n) is 13.6. The summed E-state index contributed by atoms with van der Waals surface area (Å²) in [6.45, 7) is 5.91. The van der Waals surface area contributed by atoms with Crippen molar-refractivity contribution in [2.75, 3.05) is 6.54 Å². The van der Waals surface area contributed by atoms with Crippen LogP contribution in [0.4, 0.5) is 9.59 Å². The number of alkyl carbamates (subject to hydrolysis) is 1. The molecule has 2 saturated heterocycles. The van der Waals surface area contributed by atoms with Crippen LogP contribution in [0, 0.1) is 0 Å². The number of ether oxygens (including phenoxy) is 1. The molecule has 3 aromatic rings. The lowest BCUT2D eigenvalue weighted by molar-refractivity contribution is -0.133. The van der Waals surface area contributed by atoms with Crippen molar-refractivity contribution in [2.24, 2.45) is 0 Å². The van der Waals surface area contributed by atoms with Gasteiger partial charge in [-0.05, 0) is 44.4 Å². The minimum Gasteiger partial charge on any atom is -0.444 e. The summed E-state index contributed by atoms with van der Waals surface area (Å²) < 4.78 is 5.43. The van der Waals surface area contributed by atoms with Gasteiger partial charge in [0.15, 0.2) is 0 Å². The number of H-pyrrole nitrogens is 1. The Bertz CT molecular complexity index is 1410. The average Bonchev–Trinajstić information content (AvgIpc) is 3.50. The number of rotatable bonds is 7. The maximum absolute atomic E-state index is 13.6. The van der Waals surface area contributed by atoms with Crippen molar-refractivity contribution in [1.29, 1.82) is 0 Å². The van der Waals surface area contributed by atoms with Gasteiger partial charge in [0, 0.05) is 36.5 Å². The Morgan fingerprint density at radius 3 is 2.55 bits per heavy atom. The van der Waals surface area contributed by atoms with Gasteiger partial charge in [0.1, 0.15) is 11.6 Å². The highest BCUT2D eigenvalue weighted by atomic mass is 16.6. The van der Waals surface area contributed by atoms with E-state index in [4.69, 9.17) is 4.74 Å². The molecule has 40 heavy (non-hydrogen) atoms. The summed E-state index contributed by atoms with van der Waals surface area (Å²) in [5.74, 6) is -0.659. The second-order valence-corrected chi connectivity index (χ2v) is 11.4. The van der Waals surface area contributed by atoms with E-state index in [0.717, 1.165) is 22.0 Å². The molecule has 5 rings (SSSR count). The number of imide groups is 1. The van der Waals surface area contributed by atoms with Crippen LogP contribution in [0.2, 0.25) is 0 Å². The third-order valence-electron chi connectivity index (χ3n) is 7.32. The number of hydrogen-bond donors (Lipinski definition) is 3. The van der Waals surface area contributed by atoms with E-state index < -0.39 is 35.7 Å². The van der Waals surface area contributed by atoms with Gasteiger partial charge in [-0.25, -0.2) is 9.59 Å². The van der Waals surface area contributed by atoms with Crippen molar-refractivity contribution in [3.05, 3.63) is 71.9 Å². The largest absolute Gasteiger partial charge is 0.444 e. The first-order valence-corrected chi connectivity index (χ1v) is 13.6. The fourth-order valence-electron chi connectivity index (χ4n) is 5.45. The van der Waals surface area contributed by atoms with Crippen LogP contribution < -0.4 is 10.6 Å². The smallest absolute Gasteiger partial charge is 0.408 e. The number of aromatic amines is 1. The van der Waals surface area contributed by atoms with Crippen molar-refractivity contribution < 1.29 is 23.9 Å². The predicted octanol–water partition coefficient (Wildman–Crippen LogP) is 3.72. The summed E-state index contributed by atoms with van der Waals surface area (Å²) >= 11 is 0. The van der Waals surface area contributed by atoms with E-state index in [9.17, 15) is 19.2 Å². The molecule has 3 N–H and O–H groups in total. The average molecular weight is 546 g/mol. The fraction of sp³-hybridized carbons (Fsp3) is 0.400. The molecule has 0 radical (unpaired) electrons. The number of carbonyl (C=O) groups is 4. The van der Waals surface area contributed by atoms with Gasteiger partial charge in [-0.1, -0.05) is 48.5 Å². The molecule has 10 nitrogen and oxygen atoms in total. The highest BCUT2D eigenvalue weighted by Crippen LogP contribution is 2.29. The van der Waals surface area contributed by atoms with Gasteiger partial charge >= 0.3 is 12.1 Å². The quantitative estimate of drug-likeness (QED) is 0.418. The lowest BCUT2D eigenvalue weighted by Gasteiger charge is -2.38. The predicted molar refractivity (Wildman–Crippen MR) is 149 cm³/mol. The summed E-state index contributed by atoms with van der Waals surface area (Å²) in [4.78, 5) is 58.7. The Hall–Kier alpha value is -4.34. The molecule has 1 aromatic heterocycles. The summed E-state index contributed by atoms with van der Waals surface area (Å²) in [5.41, 5.74) is 1.95. The molecule has 2 fully saturated rings. The maximum Gasteiger partial charge on any atom is 0.408 e. The number of benzene rings is 2. The van der Waals surface area contributed by atoms with Crippen LogP contribution in [0.5, 0.6) is 0 Å². The minimum atomic E-state index is -0.923. The number of carbonyl (C=O) groups excluding carboxylic acids is 4. The third-order valence-corrected chi connectivity index (χ3v) is 7.32. The standard InChI is InChI=1S/C30H35N5O5/c1-30(2,3)40-28(38)33-24(15-20-17-31-22-12-8-7-11-21(20)22)27(37)32-23-13-14-34-25(23)16-26(36)35(29(34)39)18-19-9-5-4-6-10-19/h4-12,17,23-25,31H,13-16,18H2,1-3H3,(H,32,37)(H,33,38)/t23-,24-,25+/m0/s1. The SMILES string of the molecule is CC(C)(C)OC(=O)N[C@@H](Cc1c[nH]c2ccccc12)C(=O)N[C@H]1CCN2C(=O)N(Cc3ccccc3)C(=O)C[C@H]12. The van der Waals surface area contributed by atoms with Crippen LogP contribution >= 0.6 is 0 Å². The number of nitrogens with one attached hydrogen (secondary N) is 3. The monoisotopic (exact) mass is 545 g/mol. The van der Waals surface area contributed by atoms with Crippen LogP contribution in [-0.4, -0.2) is 69.0 Å². The Kier molecular flexibility index (Phi) is 7.51. The normalized spacial score (nSPS) is 19.9. The van der Waals surface area contributed by atoms with Crippen LogP contribution in [0.25, 0.3) is 10.9 Å². The lowest BCUT2D eigenvalue weighted by atomic mass is 10.0. The Morgan fingerprint density at radius 2 is 1.80 bits per heavy atom. The lowest BCUT2D eigenvalue weighted by Crippen LogP contribution is -2.59. The van der Waals surface area contributed by atoms with Gasteiger partial charge in [-0.2, -0.15) is 0 Å². The van der Waals surface area contributed by atoms with Gasteiger partial charge in [0.25, 0.3) is 0 Å².